The zero-order chi connectivity index (χ0) is 4.99. The summed E-state index contributed by atoms with van der Waals surface area (Å²) < 4.78 is 4.89. The van der Waals surface area contributed by atoms with Gasteiger partial charge in [-0.05, 0) is 0 Å². The Bertz CT molecular complexity index is 35.2. The van der Waals surface area contributed by atoms with Crippen LogP contribution in [-0.4, -0.2) is 6.61 Å². The Morgan fingerprint density at radius 3 is 1.75 bits per heavy atom. The van der Waals surface area contributed by atoms with Crippen LogP contribution in [-0.2, 0) is 28.0 Å². The summed E-state index contributed by atoms with van der Waals surface area (Å²) in [7, 11) is 0. The van der Waals surface area contributed by atoms with Crippen LogP contribution in [0.2, 0.25) is 0 Å². The van der Waals surface area contributed by atoms with Crippen molar-refractivity contribution in [2.45, 2.75) is 13.8 Å². The third-order valence-corrected chi connectivity index (χ3v) is 0.826. The summed E-state index contributed by atoms with van der Waals surface area (Å²) in [5.41, 5.74) is 0. The molecule has 0 aromatic carbocycles. The third kappa shape index (κ3) is 15.7. The first-order valence-electron chi connectivity index (χ1n) is 2.06. The van der Waals surface area contributed by atoms with Crippen LogP contribution in [0.25, 0.3) is 0 Å². The van der Waals surface area contributed by atoms with Crippen molar-refractivity contribution in [1.82, 2.24) is 0 Å². The molecule has 0 radical (unpaired) electrons. The third-order valence-electron chi connectivity index (χ3n) is 0.417. The summed E-state index contributed by atoms with van der Waals surface area (Å²) in [5.74, 6) is 0.698. The molecule has 0 N–H and O–H groups in total. The molecule has 0 rings (SSSR count). The van der Waals surface area contributed by atoms with Gasteiger partial charge in [-0.15, -0.1) is 24.8 Å². The van der Waals surface area contributed by atoms with E-state index >= 15 is 0 Å². The summed E-state index contributed by atoms with van der Waals surface area (Å²) in [6, 6.07) is 0. The predicted molar refractivity (Wildman–Crippen MR) is 35.3 cm³/mol. The Morgan fingerprint density at radius 1 is 1.38 bits per heavy atom. The zero-order valence-electron chi connectivity index (χ0n) is 5.01. The molecule has 0 heterocycles. The largest absolute Gasteiger partial charge is 0.147 e. The van der Waals surface area contributed by atoms with Gasteiger partial charge in [0.05, 0.1) is 0 Å². The minimum absolute atomic E-state index is 0. The average Bonchev–Trinajstić information content (AvgIpc) is 1.35. The SMILES string of the molecule is CC(C)C[O][Zr].Cl.Cl. The molecule has 8 heavy (non-hydrogen) atoms. The van der Waals surface area contributed by atoms with E-state index in [9.17, 15) is 0 Å². The molecule has 0 saturated carbocycles. The van der Waals surface area contributed by atoms with Gasteiger partial charge < -0.3 is 0 Å². The Kier molecular flexibility index (Phi) is 22.8. The topological polar surface area (TPSA) is 9.23 Å². The number of rotatable bonds is 2. The Hall–Kier alpha value is 1.42. The van der Waals surface area contributed by atoms with Crippen molar-refractivity contribution in [3.05, 3.63) is 0 Å². The van der Waals surface area contributed by atoms with Crippen molar-refractivity contribution in [1.29, 1.82) is 0 Å². The van der Waals surface area contributed by atoms with Crippen LogP contribution < -0.4 is 0 Å². The van der Waals surface area contributed by atoms with Gasteiger partial charge in [-0.3, -0.25) is 0 Å². The number of halogens is 2. The minimum atomic E-state index is 0. The van der Waals surface area contributed by atoms with E-state index in [4.69, 9.17) is 2.81 Å². The van der Waals surface area contributed by atoms with Gasteiger partial charge in [0.15, 0.2) is 0 Å². The Labute approximate surface area is 78.8 Å². The van der Waals surface area contributed by atoms with Crippen LogP contribution in [0, 0.1) is 5.92 Å². The van der Waals surface area contributed by atoms with Crippen molar-refractivity contribution in [3.8, 4) is 0 Å². The molecule has 0 fully saturated rings. The maximum atomic E-state index is 4.89. The van der Waals surface area contributed by atoms with Gasteiger partial charge in [-0.25, -0.2) is 0 Å². The van der Waals surface area contributed by atoms with E-state index in [1.54, 1.807) is 0 Å². The maximum absolute atomic E-state index is 4.89. The normalized spacial score (nSPS) is 7.25. The summed E-state index contributed by atoms with van der Waals surface area (Å²) in [6.07, 6.45) is 0. The molecule has 0 spiro atoms. The van der Waals surface area contributed by atoms with Crippen LogP contribution in [0.1, 0.15) is 13.8 Å². The summed E-state index contributed by atoms with van der Waals surface area (Å²) in [4.78, 5) is 0. The van der Waals surface area contributed by atoms with Crippen molar-refractivity contribution in [3.63, 3.8) is 0 Å². The second-order valence-electron chi connectivity index (χ2n) is 1.70. The zero-order valence-corrected chi connectivity index (χ0v) is 9.10. The first-order valence-corrected chi connectivity index (χ1v) is 3.06. The molecule has 4 heteroatoms. The molecule has 0 aliphatic carbocycles. The van der Waals surface area contributed by atoms with Crippen molar-refractivity contribution in [2.75, 3.05) is 6.61 Å². The van der Waals surface area contributed by atoms with Crippen LogP contribution in [0.15, 0.2) is 0 Å². The van der Waals surface area contributed by atoms with Gasteiger partial charge >= 0.3 is 54.3 Å². The number of hydrogen-bond acceptors (Lipinski definition) is 1. The average molecular weight is 237 g/mol. The summed E-state index contributed by atoms with van der Waals surface area (Å²) in [5, 5.41) is 0. The maximum Gasteiger partial charge on any atom is -0.147 e. The van der Waals surface area contributed by atoms with Crippen molar-refractivity contribution >= 4 is 24.8 Å². The van der Waals surface area contributed by atoms with Gasteiger partial charge in [0, 0.05) is 0 Å². The van der Waals surface area contributed by atoms with Gasteiger partial charge in [0.25, 0.3) is 0 Å². The van der Waals surface area contributed by atoms with Crippen LogP contribution >= 0.6 is 24.8 Å². The molecule has 0 aliphatic heterocycles. The van der Waals surface area contributed by atoms with E-state index < -0.39 is 0 Å². The van der Waals surface area contributed by atoms with E-state index in [0.717, 1.165) is 6.61 Å². The minimum Gasteiger partial charge on any atom is -0.147 e. The molecular formula is C4H11Cl2OZr. The molecular weight excluding hydrogens is 226 g/mol. The fraction of sp³-hybridized carbons (Fsp3) is 1.00. The molecule has 0 aromatic heterocycles. The second kappa shape index (κ2) is 11.3. The Balaban J connectivity index is -0.000000125. The summed E-state index contributed by atoms with van der Waals surface area (Å²) in [6.45, 7) is 5.20. The van der Waals surface area contributed by atoms with E-state index in [0.29, 0.717) is 5.92 Å². The molecule has 0 aromatic rings. The molecule has 0 amide bonds. The smallest absolute Gasteiger partial charge is 0.147 e. The van der Waals surface area contributed by atoms with Gasteiger partial charge in [-0.2, -0.15) is 0 Å². The molecule has 0 saturated heterocycles. The predicted octanol–water partition coefficient (Wildman–Crippen LogP) is 1.96. The molecule has 0 unspecified atom stereocenters. The van der Waals surface area contributed by atoms with E-state index in [1.807, 2.05) is 0 Å². The molecule has 0 aliphatic rings. The Morgan fingerprint density at radius 2 is 1.75 bits per heavy atom. The van der Waals surface area contributed by atoms with Crippen LogP contribution in [0.5, 0.6) is 0 Å². The standard InChI is InChI=1S/C4H9O.2ClH.Zr/c1-4(2)3-5;;;/h4H,3H2,1-2H3;2*1H;/q-1;;;+1. The molecule has 51 valence electrons. The first kappa shape index (κ1) is 16.2. The van der Waals surface area contributed by atoms with Crippen molar-refractivity contribution in [2.24, 2.45) is 5.92 Å². The fourth-order valence-corrected chi connectivity index (χ4v) is 0.986. The monoisotopic (exact) mass is 235 g/mol. The van der Waals surface area contributed by atoms with Crippen LogP contribution in [0.4, 0.5) is 0 Å². The molecule has 0 bridgehead atoms. The van der Waals surface area contributed by atoms with E-state index in [-0.39, 0.29) is 24.8 Å². The molecule has 1 nitrogen and oxygen atoms in total. The quantitative estimate of drug-likeness (QED) is 0.713. The summed E-state index contributed by atoms with van der Waals surface area (Å²) >= 11 is 1.18. The van der Waals surface area contributed by atoms with Gasteiger partial charge in [-0.1, -0.05) is 0 Å². The van der Waals surface area contributed by atoms with Crippen molar-refractivity contribution < 1.29 is 28.0 Å². The fourth-order valence-electron chi connectivity index (χ4n) is 0.167. The first-order chi connectivity index (χ1) is 2.77. The van der Waals surface area contributed by atoms with Gasteiger partial charge in [0.2, 0.25) is 0 Å². The van der Waals surface area contributed by atoms with Crippen LogP contribution in [0.3, 0.4) is 0 Å². The second-order valence-corrected chi connectivity index (χ2v) is 2.41. The number of hydrogen-bond donors (Lipinski definition) is 0. The molecule has 0 atom stereocenters. The van der Waals surface area contributed by atoms with Gasteiger partial charge in [0.1, 0.15) is 0 Å². The van der Waals surface area contributed by atoms with E-state index in [1.165, 1.54) is 25.2 Å². The van der Waals surface area contributed by atoms with E-state index in [2.05, 4.69) is 13.8 Å².